The number of ether oxygens (including phenoxy) is 1. The Kier molecular flexibility index (Phi) is 6.24. The van der Waals surface area contributed by atoms with Crippen molar-refractivity contribution < 1.29 is 27.5 Å². The average molecular weight is 420 g/mol. The predicted octanol–water partition coefficient (Wildman–Crippen LogP) is 3.81. The van der Waals surface area contributed by atoms with Crippen LogP contribution in [0.1, 0.15) is 18.0 Å². The molecule has 2 aromatic rings. The molecule has 0 spiro atoms. The van der Waals surface area contributed by atoms with Crippen LogP contribution in [0, 0.1) is 0 Å². The minimum atomic E-state index is -4.43. The van der Waals surface area contributed by atoms with Crippen LogP contribution in [0.25, 0.3) is 0 Å². The van der Waals surface area contributed by atoms with Crippen molar-refractivity contribution in [3.8, 4) is 5.75 Å². The summed E-state index contributed by atoms with van der Waals surface area (Å²) in [5, 5.41) is 5.47. The molecular weight excluding hydrogens is 401 g/mol. The maximum Gasteiger partial charge on any atom is 0.422 e. The number of carbonyl (C=O) groups excluding carboxylic acids is 2. The number of rotatable bonds is 6. The SMILES string of the molecule is C=CCC(NC(=O)N1CC(=O)Nc2cccnc21)c1ccc(OCC(F)(F)F)cc1. The van der Waals surface area contributed by atoms with Crippen LogP contribution in [0.3, 0.4) is 0 Å². The Labute approximate surface area is 170 Å². The van der Waals surface area contributed by atoms with Crippen LogP contribution in [-0.4, -0.2) is 36.3 Å². The fraction of sp³-hybridized carbons (Fsp3) is 0.250. The number of urea groups is 1. The second-order valence-corrected chi connectivity index (χ2v) is 6.51. The molecule has 0 fully saturated rings. The number of hydrogen-bond donors (Lipinski definition) is 2. The molecule has 3 rings (SSSR count). The zero-order valence-electron chi connectivity index (χ0n) is 15.8. The Balaban J connectivity index is 1.73. The molecule has 7 nitrogen and oxygen atoms in total. The van der Waals surface area contributed by atoms with Crippen molar-refractivity contribution in [2.75, 3.05) is 23.4 Å². The lowest BCUT2D eigenvalue weighted by atomic mass is 10.0. The van der Waals surface area contributed by atoms with Crippen LogP contribution >= 0.6 is 0 Å². The van der Waals surface area contributed by atoms with Crippen LogP contribution in [0.15, 0.2) is 55.3 Å². The van der Waals surface area contributed by atoms with Gasteiger partial charge >= 0.3 is 12.2 Å². The van der Waals surface area contributed by atoms with E-state index in [4.69, 9.17) is 4.74 Å². The van der Waals surface area contributed by atoms with Crippen molar-refractivity contribution in [2.45, 2.75) is 18.6 Å². The molecule has 0 aliphatic carbocycles. The first kappa shape index (κ1) is 21.2. The number of pyridine rings is 1. The summed E-state index contributed by atoms with van der Waals surface area (Å²) in [6, 6.07) is 8.16. The van der Waals surface area contributed by atoms with Crippen molar-refractivity contribution in [1.82, 2.24) is 10.3 Å². The van der Waals surface area contributed by atoms with Gasteiger partial charge in [0, 0.05) is 6.20 Å². The van der Waals surface area contributed by atoms with E-state index in [-0.39, 0.29) is 18.2 Å². The number of alkyl halides is 3. The minimum Gasteiger partial charge on any atom is -0.484 e. The summed E-state index contributed by atoms with van der Waals surface area (Å²) in [7, 11) is 0. The predicted molar refractivity (Wildman–Crippen MR) is 104 cm³/mol. The first-order valence-electron chi connectivity index (χ1n) is 9.00. The van der Waals surface area contributed by atoms with Crippen LogP contribution in [0.5, 0.6) is 5.75 Å². The van der Waals surface area contributed by atoms with Crippen LogP contribution < -0.4 is 20.3 Å². The highest BCUT2D eigenvalue weighted by molar-refractivity contribution is 6.08. The summed E-state index contributed by atoms with van der Waals surface area (Å²) >= 11 is 0. The number of hydrogen-bond acceptors (Lipinski definition) is 4. The van der Waals surface area contributed by atoms with E-state index in [2.05, 4.69) is 22.2 Å². The van der Waals surface area contributed by atoms with Crippen LogP contribution in [-0.2, 0) is 4.79 Å². The summed E-state index contributed by atoms with van der Waals surface area (Å²) in [6.45, 7) is 2.10. The molecule has 1 aliphatic heterocycles. The Morgan fingerprint density at radius 2 is 2.07 bits per heavy atom. The van der Waals surface area contributed by atoms with E-state index in [9.17, 15) is 22.8 Å². The van der Waals surface area contributed by atoms with Gasteiger partial charge in [0.2, 0.25) is 5.91 Å². The van der Waals surface area contributed by atoms with E-state index >= 15 is 0 Å². The quantitative estimate of drug-likeness (QED) is 0.697. The van der Waals surface area contributed by atoms with Gasteiger partial charge in [0.15, 0.2) is 12.4 Å². The molecule has 158 valence electrons. The Morgan fingerprint density at radius 3 is 2.73 bits per heavy atom. The zero-order valence-corrected chi connectivity index (χ0v) is 15.8. The second-order valence-electron chi connectivity index (χ2n) is 6.51. The standard InChI is InChI=1S/C20H19F3N4O3/c1-2-4-15(13-6-8-14(9-7-13)30-12-20(21,22)23)26-19(29)27-11-17(28)25-16-5-3-10-24-18(16)27/h2-3,5-10,15H,1,4,11-12H2,(H,25,28)(H,26,29). The molecule has 10 heteroatoms. The zero-order chi connectivity index (χ0) is 21.7. The van der Waals surface area contributed by atoms with Crippen molar-refractivity contribution in [1.29, 1.82) is 0 Å². The molecule has 0 saturated heterocycles. The molecule has 1 aromatic carbocycles. The average Bonchev–Trinajstić information content (AvgIpc) is 2.71. The third-order valence-corrected chi connectivity index (χ3v) is 4.25. The normalized spacial score (nSPS) is 14.4. The van der Waals surface area contributed by atoms with E-state index in [1.54, 1.807) is 30.3 Å². The Hall–Kier alpha value is -3.56. The van der Waals surface area contributed by atoms with E-state index in [1.165, 1.54) is 23.2 Å². The van der Waals surface area contributed by atoms with Crippen LogP contribution in [0.4, 0.5) is 29.5 Å². The first-order chi connectivity index (χ1) is 14.3. The molecular formula is C20H19F3N4O3. The van der Waals surface area contributed by atoms with E-state index in [0.717, 1.165) is 0 Å². The molecule has 2 heterocycles. The van der Waals surface area contributed by atoms with Crippen molar-refractivity contribution >= 4 is 23.4 Å². The number of nitrogens with one attached hydrogen (secondary N) is 2. The topological polar surface area (TPSA) is 83.6 Å². The summed E-state index contributed by atoms with van der Waals surface area (Å²) in [6.07, 6.45) is -0.946. The fourth-order valence-corrected chi connectivity index (χ4v) is 2.92. The molecule has 0 radical (unpaired) electrons. The minimum absolute atomic E-state index is 0.0607. The lowest BCUT2D eigenvalue weighted by Crippen LogP contribution is -2.48. The molecule has 2 N–H and O–H groups in total. The summed E-state index contributed by atoms with van der Waals surface area (Å²) in [5.74, 6) is 0.0329. The largest absolute Gasteiger partial charge is 0.484 e. The first-order valence-corrected chi connectivity index (χ1v) is 9.00. The van der Waals surface area contributed by atoms with Crippen molar-refractivity contribution in [3.63, 3.8) is 0 Å². The third-order valence-electron chi connectivity index (χ3n) is 4.25. The molecule has 30 heavy (non-hydrogen) atoms. The summed E-state index contributed by atoms with van der Waals surface area (Å²) < 4.78 is 41.5. The molecule has 0 saturated carbocycles. The van der Waals surface area contributed by atoms with Crippen molar-refractivity contribution in [3.05, 3.63) is 60.8 Å². The smallest absolute Gasteiger partial charge is 0.422 e. The number of benzene rings is 1. The highest BCUT2D eigenvalue weighted by Gasteiger charge is 2.30. The van der Waals surface area contributed by atoms with E-state index < -0.39 is 24.9 Å². The van der Waals surface area contributed by atoms with Gasteiger partial charge in [0.1, 0.15) is 12.3 Å². The van der Waals surface area contributed by atoms with Crippen LogP contribution in [0.2, 0.25) is 0 Å². The summed E-state index contributed by atoms with van der Waals surface area (Å²) in [4.78, 5) is 30.2. The number of carbonyl (C=O) groups is 2. The highest BCUT2D eigenvalue weighted by Crippen LogP contribution is 2.28. The molecule has 1 aromatic heterocycles. The summed E-state index contributed by atoms with van der Waals surface area (Å²) in [5.41, 5.74) is 1.07. The van der Waals surface area contributed by atoms with E-state index in [0.29, 0.717) is 23.5 Å². The number of nitrogens with zero attached hydrogens (tertiary/aromatic N) is 2. The van der Waals surface area contributed by atoms with Crippen molar-refractivity contribution in [2.24, 2.45) is 0 Å². The fourth-order valence-electron chi connectivity index (χ4n) is 2.92. The lowest BCUT2D eigenvalue weighted by Gasteiger charge is -2.29. The monoisotopic (exact) mass is 420 g/mol. The Morgan fingerprint density at radius 1 is 1.33 bits per heavy atom. The van der Waals surface area contributed by atoms with Gasteiger partial charge in [-0.15, -0.1) is 6.58 Å². The lowest BCUT2D eigenvalue weighted by molar-refractivity contribution is -0.153. The molecule has 1 unspecified atom stereocenters. The van der Waals surface area contributed by atoms with Gasteiger partial charge in [-0.3, -0.25) is 9.69 Å². The third kappa shape index (κ3) is 5.28. The van der Waals surface area contributed by atoms with Gasteiger partial charge < -0.3 is 15.4 Å². The number of amides is 3. The Bertz CT molecular complexity index is 932. The molecule has 0 bridgehead atoms. The van der Waals surface area contributed by atoms with Gasteiger partial charge in [0.25, 0.3) is 0 Å². The maximum atomic E-state index is 12.9. The van der Waals surface area contributed by atoms with E-state index in [1.807, 2.05) is 0 Å². The number of anilines is 2. The molecule has 1 aliphatic rings. The number of fused-ring (bicyclic) bond motifs is 1. The van der Waals surface area contributed by atoms with Gasteiger partial charge in [-0.05, 0) is 36.2 Å². The van der Waals surface area contributed by atoms with Gasteiger partial charge in [-0.25, -0.2) is 9.78 Å². The maximum absolute atomic E-state index is 12.9. The number of halogens is 3. The second kappa shape index (κ2) is 8.85. The molecule has 1 atom stereocenters. The van der Waals surface area contributed by atoms with Gasteiger partial charge in [-0.2, -0.15) is 13.2 Å². The molecule has 3 amide bonds. The van der Waals surface area contributed by atoms with Gasteiger partial charge in [0.05, 0.1) is 11.7 Å². The number of aromatic nitrogens is 1. The van der Waals surface area contributed by atoms with Gasteiger partial charge in [-0.1, -0.05) is 18.2 Å². The highest BCUT2D eigenvalue weighted by atomic mass is 19.4.